The molecule has 1 aliphatic rings. The lowest BCUT2D eigenvalue weighted by atomic mass is 9.89. The monoisotopic (exact) mass is 362 g/mol. The minimum atomic E-state index is -0.837. The zero-order chi connectivity index (χ0) is 18.8. The number of aryl methyl sites for hydroxylation is 1. The van der Waals surface area contributed by atoms with Crippen molar-refractivity contribution in [1.82, 2.24) is 9.47 Å². The minimum Gasteiger partial charge on any atom is -0.481 e. The van der Waals surface area contributed by atoms with Crippen LogP contribution in [0.4, 0.5) is 0 Å². The van der Waals surface area contributed by atoms with Gasteiger partial charge in [-0.1, -0.05) is 48.5 Å². The molecule has 0 spiro atoms. The highest BCUT2D eigenvalue weighted by molar-refractivity contribution is 5.81. The summed E-state index contributed by atoms with van der Waals surface area (Å²) >= 11 is 0. The Morgan fingerprint density at radius 3 is 2.48 bits per heavy atom. The van der Waals surface area contributed by atoms with Crippen LogP contribution in [0.15, 0.2) is 66.9 Å². The van der Waals surface area contributed by atoms with Gasteiger partial charge in [0.25, 0.3) is 0 Å². The molecule has 5 heteroatoms. The summed E-state index contributed by atoms with van der Waals surface area (Å²) in [6.07, 6.45) is 2.36. The molecule has 2 aromatic carbocycles. The third-order valence-corrected chi connectivity index (χ3v) is 5.46. The van der Waals surface area contributed by atoms with Gasteiger partial charge < -0.3 is 14.6 Å². The number of fused-ring (bicyclic) bond motifs is 1. The number of para-hydroxylation sites is 1. The van der Waals surface area contributed by atoms with Gasteiger partial charge in [0.1, 0.15) is 0 Å². The summed E-state index contributed by atoms with van der Waals surface area (Å²) in [5.41, 5.74) is 2.09. The van der Waals surface area contributed by atoms with Crippen molar-refractivity contribution in [2.75, 3.05) is 13.1 Å². The van der Waals surface area contributed by atoms with Crippen LogP contribution in [0.5, 0.6) is 0 Å². The normalized spacial score (nSPS) is 19.5. The number of carbonyl (C=O) groups excluding carboxylic acids is 1. The summed E-state index contributed by atoms with van der Waals surface area (Å²) < 4.78 is 2.08. The van der Waals surface area contributed by atoms with E-state index in [9.17, 15) is 14.7 Å². The van der Waals surface area contributed by atoms with Crippen LogP contribution >= 0.6 is 0 Å². The van der Waals surface area contributed by atoms with Gasteiger partial charge in [-0.05, 0) is 23.1 Å². The summed E-state index contributed by atoms with van der Waals surface area (Å²) in [5.74, 6) is -1.53. The molecule has 0 saturated carbocycles. The minimum absolute atomic E-state index is 0.0115. The Labute approximate surface area is 157 Å². The first-order chi connectivity index (χ1) is 13.1. The maximum absolute atomic E-state index is 12.7. The number of likely N-dealkylation sites (tertiary alicyclic amines) is 1. The van der Waals surface area contributed by atoms with Crippen LogP contribution in [0.25, 0.3) is 10.9 Å². The largest absolute Gasteiger partial charge is 0.481 e. The zero-order valence-corrected chi connectivity index (χ0v) is 15.0. The molecule has 1 aromatic heterocycles. The quantitative estimate of drug-likeness (QED) is 0.757. The van der Waals surface area contributed by atoms with Crippen LogP contribution < -0.4 is 0 Å². The summed E-state index contributed by atoms with van der Waals surface area (Å²) in [6.45, 7) is 1.34. The van der Waals surface area contributed by atoms with Gasteiger partial charge in [0.15, 0.2) is 0 Å². The lowest BCUT2D eigenvalue weighted by Crippen LogP contribution is -2.30. The van der Waals surface area contributed by atoms with E-state index in [2.05, 4.69) is 10.6 Å². The highest BCUT2D eigenvalue weighted by Gasteiger charge is 2.40. The van der Waals surface area contributed by atoms with E-state index in [1.807, 2.05) is 60.8 Å². The zero-order valence-electron chi connectivity index (χ0n) is 15.0. The fourth-order valence-corrected chi connectivity index (χ4v) is 4.01. The second kappa shape index (κ2) is 7.27. The molecule has 5 nitrogen and oxygen atoms in total. The lowest BCUT2D eigenvalue weighted by molar-refractivity contribution is -0.141. The van der Waals surface area contributed by atoms with Gasteiger partial charge in [-0.25, -0.2) is 0 Å². The Morgan fingerprint density at radius 1 is 0.963 bits per heavy atom. The average Bonchev–Trinajstić information content (AvgIpc) is 3.32. The first-order valence-electron chi connectivity index (χ1n) is 9.23. The molecule has 0 radical (unpaired) electrons. The van der Waals surface area contributed by atoms with Crippen molar-refractivity contribution in [2.24, 2.45) is 5.92 Å². The van der Waals surface area contributed by atoms with E-state index in [0.717, 1.165) is 16.5 Å². The molecule has 1 saturated heterocycles. The summed E-state index contributed by atoms with van der Waals surface area (Å²) in [4.78, 5) is 26.2. The number of benzene rings is 2. The molecular formula is C22H22N2O3. The molecule has 2 atom stereocenters. The Morgan fingerprint density at radius 2 is 1.70 bits per heavy atom. The first kappa shape index (κ1) is 17.3. The van der Waals surface area contributed by atoms with E-state index >= 15 is 0 Å². The molecule has 1 aliphatic heterocycles. The second-order valence-electron chi connectivity index (χ2n) is 7.08. The highest BCUT2D eigenvalue weighted by Crippen LogP contribution is 2.33. The van der Waals surface area contributed by atoms with Gasteiger partial charge in [-0.2, -0.15) is 0 Å². The van der Waals surface area contributed by atoms with E-state index in [1.165, 1.54) is 0 Å². The molecule has 0 aliphatic carbocycles. The van der Waals surface area contributed by atoms with Gasteiger partial charge in [0.2, 0.25) is 5.91 Å². The van der Waals surface area contributed by atoms with Crippen LogP contribution in [-0.4, -0.2) is 39.5 Å². The van der Waals surface area contributed by atoms with Crippen molar-refractivity contribution < 1.29 is 14.7 Å². The summed E-state index contributed by atoms with van der Waals surface area (Å²) in [7, 11) is 0. The van der Waals surface area contributed by atoms with Gasteiger partial charge in [-0.15, -0.1) is 0 Å². The number of carbonyl (C=O) groups is 2. The van der Waals surface area contributed by atoms with Crippen LogP contribution in [0.3, 0.4) is 0 Å². The lowest BCUT2D eigenvalue weighted by Gasteiger charge is -2.17. The average molecular weight is 362 g/mol. The fraction of sp³-hybridized carbons (Fsp3) is 0.273. The fourth-order valence-electron chi connectivity index (χ4n) is 4.01. The van der Waals surface area contributed by atoms with E-state index in [4.69, 9.17) is 0 Å². The number of rotatable bonds is 5. The van der Waals surface area contributed by atoms with E-state index < -0.39 is 11.9 Å². The van der Waals surface area contributed by atoms with E-state index in [0.29, 0.717) is 19.5 Å². The number of aromatic nitrogens is 1. The number of hydrogen-bond acceptors (Lipinski definition) is 2. The van der Waals surface area contributed by atoms with Crippen molar-refractivity contribution in [2.45, 2.75) is 18.9 Å². The molecular weight excluding hydrogens is 340 g/mol. The number of aliphatic carboxylic acids is 1. The number of carboxylic acids is 1. The van der Waals surface area contributed by atoms with Crippen LogP contribution in [-0.2, 0) is 16.1 Å². The van der Waals surface area contributed by atoms with E-state index in [-0.39, 0.29) is 18.4 Å². The van der Waals surface area contributed by atoms with Crippen LogP contribution in [0.1, 0.15) is 17.9 Å². The summed E-state index contributed by atoms with van der Waals surface area (Å²) in [6, 6.07) is 19.8. The maximum atomic E-state index is 12.7. The number of nitrogens with zero attached hydrogens (tertiary/aromatic N) is 2. The van der Waals surface area contributed by atoms with Crippen molar-refractivity contribution in [1.29, 1.82) is 0 Å². The Bertz CT molecular complexity index is 964. The van der Waals surface area contributed by atoms with Crippen molar-refractivity contribution >= 4 is 22.8 Å². The van der Waals surface area contributed by atoms with Gasteiger partial charge in [-0.3, -0.25) is 9.59 Å². The third-order valence-electron chi connectivity index (χ3n) is 5.46. The predicted molar refractivity (Wildman–Crippen MR) is 103 cm³/mol. The van der Waals surface area contributed by atoms with Gasteiger partial charge in [0.05, 0.1) is 5.92 Å². The number of carboxylic acid groups (broad SMARTS) is 1. The molecule has 1 fully saturated rings. The molecule has 2 heterocycles. The van der Waals surface area contributed by atoms with Crippen molar-refractivity contribution in [3.8, 4) is 0 Å². The molecule has 1 amide bonds. The molecule has 138 valence electrons. The molecule has 0 bridgehead atoms. The molecule has 1 N–H and O–H groups in total. The first-order valence-corrected chi connectivity index (χ1v) is 9.23. The maximum Gasteiger partial charge on any atom is 0.308 e. The Hall–Kier alpha value is -3.08. The third kappa shape index (κ3) is 3.45. The van der Waals surface area contributed by atoms with E-state index in [1.54, 1.807) is 4.90 Å². The van der Waals surface area contributed by atoms with Crippen molar-refractivity contribution in [3.05, 3.63) is 72.4 Å². The topological polar surface area (TPSA) is 62.5 Å². The van der Waals surface area contributed by atoms with Gasteiger partial charge in [0, 0.05) is 43.7 Å². The second-order valence-corrected chi connectivity index (χ2v) is 7.08. The summed E-state index contributed by atoms with van der Waals surface area (Å²) in [5, 5.41) is 10.8. The predicted octanol–water partition coefficient (Wildman–Crippen LogP) is 3.36. The SMILES string of the molecule is O=C(O)[C@@H]1CN(C(=O)CCn2ccc3ccccc32)C[C@@H]1c1ccccc1. The van der Waals surface area contributed by atoms with Crippen LogP contribution in [0, 0.1) is 5.92 Å². The Kier molecular flexibility index (Phi) is 4.67. The number of amides is 1. The molecule has 0 unspecified atom stereocenters. The molecule has 27 heavy (non-hydrogen) atoms. The molecule has 4 rings (SSSR count). The Balaban J connectivity index is 1.45. The standard InChI is InChI=1S/C22H22N2O3/c25-21(11-13-23-12-10-17-8-4-5-9-20(17)23)24-14-18(19(15-24)22(26)27)16-6-2-1-3-7-16/h1-10,12,18-19H,11,13-15H2,(H,26,27)/t18-,19-/m1/s1. The highest BCUT2D eigenvalue weighted by atomic mass is 16.4. The smallest absolute Gasteiger partial charge is 0.308 e. The van der Waals surface area contributed by atoms with Gasteiger partial charge >= 0.3 is 5.97 Å². The number of hydrogen-bond donors (Lipinski definition) is 1. The molecule has 3 aromatic rings. The van der Waals surface area contributed by atoms with Crippen LogP contribution in [0.2, 0.25) is 0 Å². The van der Waals surface area contributed by atoms with Crippen molar-refractivity contribution in [3.63, 3.8) is 0 Å².